The molecule has 0 spiro atoms. The van der Waals surface area contributed by atoms with Crippen LogP contribution in [-0.2, 0) is 4.74 Å². The number of ether oxygens (including phenoxy) is 3. The van der Waals surface area contributed by atoms with Crippen LogP contribution in [0.5, 0.6) is 11.5 Å². The molecule has 33 heavy (non-hydrogen) atoms. The zero-order valence-electron chi connectivity index (χ0n) is 18.3. The molecule has 0 aromatic heterocycles. The van der Waals surface area contributed by atoms with Gasteiger partial charge in [-0.2, -0.15) is 0 Å². The molecule has 1 heterocycles. The van der Waals surface area contributed by atoms with E-state index in [4.69, 9.17) is 31.5 Å². The molecule has 0 unspecified atom stereocenters. The molecule has 2 aromatic carbocycles. The standard InChI is InChI=1S/C23H29ClFN3O4.CH4/c1-30-21-13-19(26)18(24)12-17(21)23(29)27-20-8-10-28(14-22(20)31-2)9-3-11-32-16-6-4-15(25)5-7-16;/h4-7,12-13,20,22H,3,8-11,14,26H2,1-2H3,(H,27,29);1H4/t20-,22+;/m1./s1. The molecule has 1 amide bonds. The number of methoxy groups -OCH3 is 2. The SMILES string of the molecule is C.COc1cc(N)c(Cl)cc1C(=O)N[C@@H]1CCN(CCCOc2ccc(F)cc2)C[C@@H]1OC. The Morgan fingerprint density at radius 1 is 1.27 bits per heavy atom. The maximum absolute atomic E-state index is 12.9. The average Bonchev–Trinajstić information content (AvgIpc) is 2.80. The van der Waals surface area contributed by atoms with E-state index in [2.05, 4.69) is 10.2 Å². The molecule has 1 aliphatic heterocycles. The molecule has 2 atom stereocenters. The Morgan fingerprint density at radius 3 is 2.67 bits per heavy atom. The van der Waals surface area contributed by atoms with Crippen LogP contribution in [0, 0.1) is 5.82 Å². The minimum atomic E-state index is -0.282. The second-order valence-electron chi connectivity index (χ2n) is 7.67. The highest BCUT2D eigenvalue weighted by molar-refractivity contribution is 6.33. The first-order valence-electron chi connectivity index (χ1n) is 10.5. The van der Waals surface area contributed by atoms with Crippen molar-refractivity contribution in [2.75, 3.05) is 46.2 Å². The first kappa shape index (κ1) is 26.7. The largest absolute Gasteiger partial charge is 0.496 e. The molecule has 3 rings (SSSR count). The molecule has 1 saturated heterocycles. The summed E-state index contributed by atoms with van der Waals surface area (Å²) in [7, 11) is 3.13. The number of piperidine rings is 1. The number of amides is 1. The molecular weight excluding hydrogens is 449 g/mol. The van der Waals surface area contributed by atoms with Gasteiger partial charge in [0.25, 0.3) is 5.91 Å². The molecule has 0 radical (unpaired) electrons. The molecule has 1 fully saturated rings. The van der Waals surface area contributed by atoms with Crippen LogP contribution in [-0.4, -0.2) is 63.4 Å². The van der Waals surface area contributed by atoms with Gasteiger partial charge < -0.3 is 30.2 Å². The lowest BCUT2D eigenvalue weighted by atomic mass is 10.0. The van der Waals surface area contributed by atoms with E-state index >= 15 is 0 Å². The monoisotopic (exact) mass is 481 g/mol. The smallest absolute Gasteiger partial charge is 0.255 e. The molecule has 0 aliphatic carbocycles. The average molecular weight is 482 g/mol. The van der Waals surface area contributed by atoms with E-state index in [1.807, 2.05) is 0 Å². The molecule has 3 N–H and O–H groups in total. The van der Waals surface area contributed by atoms with Crippen molar-refractivity contribution in [1.82, 2.24) is 10.2 Å². The molecular formula is C24H33ClFN3O4. The van der Waals surface area contributed by atoms with Crippen LogP contribution in [0.1, 0.15) is 30.6 Å². The maximum atomic E-state index is 12.9. The van der Waals surface area contributed by atoms with Crippen LogP contribution >= 0.6 is 11.6 Å². The minimum Gasteiger partial charge on any atom is -0.496 e. The fraction of sp³-hybridized carbons (Fsp3) is 0.458. The highest BCUT2D eigenvalue weighted by Gasteiger charge is 2.31. The molecule has 0 saturated carbocycles. The van der Waals surface area contributed by atoms with Crippen LogP contribution in [0.2, 0.25) is 5.02 Å². The normalized spacial score (nSPS) is 18.3. The summed E-state index contributed by atoms with van der Waals surface area (Å²) < 4.78 is 29.5. The molecule has 182 valence electrons. The van der Waals surface area contributed by atoms with E-state index in [1.54, 1.807) is 25.3 Å². The van der Waals surface area contributed by atoms with E-state index in [9.17, 15) is 9.18 Å². The fourth-order valence-corrected chi connectivity index (χ4v) is 3.92. The third-order valence-electron chi connectivity index (χ3n) is 5.53. The van der Waals surface area contributed by atoms with E-state index in [-0.39, 0.29) is 31.3 Å². The van der Waals surface area contributed by atoms with Gasteiger partial charge in [-0.05, 0) is 43.2 Å². The maximum Gasteiger partial charge on any atom is 0.255 e. The summed E-state index contributed by atoms with van der Waals surface area (Å²) in [6.45, 7) is 2.89. The number of hydrogen-bond acceptors (Lipinski definition) is 6. The fourth-order valence-electron chi connectivity index (χ4n) is 3.76. The predicted molar refractivity (Wildman–Crippen MR) is 129 cm³/mol. The Hall–Kier alpha value is -2.55. The summed E-state index contributed by atoms with van der Waals surface area (Å²) in [6, 6.07) is 8.92. The molecule has 2 aromatic rings. The van der Waals surface area contributed by atoms with Crippen molar-refractivity contribution in [3.63, 3.8) is 0 Å². The van der Waals surface area contributed by atoms with Crippen LogP contribution in [0.4, 0.5) is 10.1 Å². The molecule has 1 aliphatic rings. The minimum absolute atomic E-state index is 0. The third kappa shape index (κ3) is 7.22. The lowest BCUT2D eigenvalue weighted by molar-refractivity contribution is 0.00527. The van der Waals surface area contributed by atoms with Crippen molar-refractivity contribution < 1.29 is 23.4 Å². The second-order valence-corrected chi connectivity index (χ2v) is 8.08. The zero-order chi connectivity index (χ0) is 23.1. The first-order valence-corrected chi connectivity index (χ1v) is 10.9. The summed E-state index contributed by atoms with van der Waals surface area (Å²) in [6.07, 6.45) is 1.42. The van der Waals surface area contributed by atoms with Gasteiger partial charge in [0.2, 0.25) is 0 Å². The number of hydrogen-bond donors (Lipinski definition) is 2. The van der Waals surface area contributed by atoms with Crippen LogP contribution in [0.15, 0.2) is 36.4 Å². The number of nitrogens with two attached hydrogens (primary N) is 1. The molecule has 0 bridgehead atoms. The van der Waals surface area contributed by atoms with E-state index < -0.39 is 0 Å². The van der Waals surface area contributed by atoms with Crippen LogP contribution in [0.25, 0.3) is 0 Å². The van der Waals surface area contributed by atoms with Crippen LogP contribution in [0.3, 0.4) is 0 Å². The molecule has 7 nitrogen and oxygen atoms in total. The van der Waals surface area contributed by atoms with E-state index in [0.29, 0.717) is 40.9 Å². The number of nitrogens with one attached hydrogen (secondary N) is 1. The number of carbonyl (C=O) groups is 1. The Morgan fingerprint density at radius 2 is 2.00 bits per heavy atom. The summed E-state index contributed by atoms with van der Waals surface area (Å²) in [5, 5.41) is 3.35. The summed E-state index contributed by atoms with van der Waals surface area (Å²) >= 11 is 6.09. The highest BCUT2D eigenvalue weighted by Crippen LogP contribution is 2.29. The Balaban J connectivity index is 0.00000385. The van der Waals surface area contributed by atoms with E-state index in [1.165, 1.54) is 25.3 Å². The third-order valence-corrected chi connectivity index (χ3v) is 5.85. The second kappa shape index (κ2) is 12.6. The Kier molecular flexibility index (Phi) is 10.2. The van der Waals surface area contributed by atoms with E-state index in [0.717, 1.165) is 25.9 Å². The number of halogens is 2. The number of rotatable bonds is 9. The van der Waals surface area contributed by atoms with Crippen molar-refractivity contribution in [2.45, 2.75) is 32.4 Å². The van der Waals surface area contributed by atoms with Gasteiger partial charge in [0.1, 0.15) is 17.3 Å². The Bertz CT molecular complexity index is 913. The topological polar surface area (TPSA) is 86.0 Å². The summed E-state index contributed by atoms with van der Waals surface area (Å²) in [5.74, 6) is 0.463. The number of anilines is 1. The number of nitrogens with zero attached hydrogens (tertiary/aromatic N) is 1. The van der Waals surface area contributed by atoms with Gasteiger partial charge in [-0.25, -0.2) is 4.39 Å². The predicted octanol–water partition coefficient (Wildman–Crippen LogP) is 3.99. The number of carbonyl (C=O) groups excluding carboxylic acids is 1. The molecule has 9 heteroatoms. The van der Waals surface area contributed by atoms with Crippen LogP contribution < -0.4 is 20.5 Å². The van der Waals surface area contributed by atoms with Gasteiger partial charge in [0, 0.05) is 32.8 Å². The highest BCUT2D eigenvalue weighted by atomic mass is 35.5. The first-order chi connectivity index (χ1) is 15.4. The lowest BCUT2D eigenvalue weighted by Gasteiger charge is -2.38. The van der Waals surface area contributed by atoms with Crippen molar-refractivity contribution in [1.29, 1.82) is 0 Å². The number of likely N-dealkylation sites (tertiary alicyclic amines) is 1. The number of nitrogen functional groups attached to an aromatic ring is 1. The zero-order valence-corrected chi connectivity index (χ0v) is 19.0. The van der Waals surface area contributed by atoms with Crippen molar-refractivity contribution in [2.24, 2.45) is 0 Å². The van der Waals surface area contributed by atoms with Gasteiger partial charge in [-0.15, -0.1) is 0 Å². The van der Waals surface area contributed by atoms with Gasteiger partial charge >= 0.3 is 0 Å². The van der Waals surface area contributed by atoms with Crippen molar-refractivity contribution >= 4 is 23.2 Å². The quantitative estimate of drug-likeness (QED) is 0.416. The van der Waals surface area contributed by atoms with Crippen molar-refractivity contribution in [3.8, 4) is 11.5 Å². The van der Waals surface area contributed by atoms with Gasteiger partial charge in [-0.1, -0.05) is 19.0 Å². The summed E-state index contributed by atoms with van der Waals surface area (Å²) in [4.78, 5) is 15.1. The number of benzene rings is 2. The van der Waals surface area contributed by atoms with Gasteiger partial charge in [0.15, 0.2) is 0 Å². The summed E-state index contributed by atoms with van der Waals surface area (Å²) in [5.41, 5.74) is 6.49. The van der Waals surface area contributed by atoms with Gasteiger partial charge in [0.05, 0.1) is 42.1 Å². The Labute approximate surface area is 199 Å². The van der Waals surface area contributed by atoms with Crippen molar-refractivity contribution in [3.05, 3.63) is 52.8 Å². The van der Waals surface area contributed by atoms with Gasteiger partial charge in [-0.3, -0.25) is 4.79 Å². The lowest BCUT2D eigenvalue weighted by Crippen LogP contribution is -2.55.